The Kier molecular flexibility index (Phi) is 4.04. The second-order valence-electron chi connectivity index (χ2n) is 4.99. The first-order valence-corrected chi connectivity index (χ1v) is 6.48. The lowest BCUT2D eigenvalue weighted by atomic mass is 9.86. The summed E-state index contributed by atoms with van der Waals surface area (Å²) in [6, 6.07) is 5.88. The van der Waals surface area contributed by atoms with E-state index in [4.69, 9.17) is 0 Å². The van der Waals surface area contributed by atoms with Crippen LogP contribution in [-0.4, -0.2) is 11.5 Å². The van der Waals surface area contributed by atoms with Crippen LogP contribution in [-0.2, 0) is 5.60 Å². The van der Waals surface area contributed by atoms with E-state index in [1.165, 1.54) is 18.2 Å². The highest BCUT2D eigenvalue weighted by atomic mass is 19.4. The fraction of sp³-hybridized carbons (Fsp3) is 0.571. The molecule has 1 aliphatic rings. The molecular formula is C14H17F3O2. The molecule has 0 aliphatic heterocycles. The molecule has 1 saturated carbocycles. The van der Waals surface area contributed by atoms with Gasteiger partial charge in [0.1, 0.15) is 5.75 Å². The van der Waals surface area contributed by atoms with Crippen LogP contribution in [0, 0.1) is 0 Å². The molecule has 1 aromatic rings. The lowest BCUT2D eigenvalue weighted by Crippen LogP contribution is -2.27. The van der Waals surface area contributed by atoms with Gasteiger partial charge in [0.05, 0.1) is 5.60 Å². The average molecular weight is 274 g/mol. The third-order valence-corrected chi connectivity index (χ3v) is 3.54. The molecule has 106 valence electrons. The number of rotatable bonds is 2. The third kappa shape index (κ3) is 3.62. The molecule has 0 bridgehead atoms. The Balaban J connectivity index is 2.32. The number of halogens is 3. The molecule has 0 heterocycles. The van der Waals surface area contributed by atoms with E-state index in [0.29, 0.717) is 12.8 Å². The van der Waals surface area contributed by atoms with Crippen LogP contribution >= 0.6 is 0 Å². The van der Waals surface area contributed by atoms with Crippen molar-refractivity contribution in [3.63, 3.8) is 0 Å². The van der Waals surface area contributed by atoms with Gasteiger partial charge in [0.25, 0.3) is 0 Å². The highest BCUT2D eigenvalue weighted by Gasteiger charge is 2.37. The number of para-hydroxylation sites is 1. The van der Waals surface area contributed by atoms with Crippen LogP contribution in [0.15, 0.2) is 24.3 Å². The van der Waals surface area contributed by atoms with Crippen LogP contribution in [0.1, 0.15) is 44.1 Å². The largest absolute Gasteiger partial charge is 0.573 e. The smallest absolute Gasteiger partial charge is 0.405 e. The van der Waals surface area contributed by atoms with Crippen molar-refractivity contribution in [2.24, 2.45) is 0 Å². The highest BCUT2D eigenvalue weighted by Crippen LogP contribution is 2.41. The normalized spacial score (nSPS) is 19.8. The van der Waals surface area contributed by atoms with E-state index in [0.717, 1.165) is 25.7 Å². The number of alkyl halides is 3. The molecule has 0 amide bonds. The fourth-order valence-electron chi connectivity index (χ4n) is 2.65. The van der Waals surface area contributed by atoms with E-state index in [-0.39, 0.29) is 11.3 Å². The number of hydrogen-bond donors (Lipinski definition) is 1. The Morgan fingerprint density at radius 3 is 2.16 bits per heavy atom. The van der Waals surface area contributed by atoms with Crippen molar-refractivity contribution < 1.29 is 23.0 Å². The SMILES string of the molecule is OC1(c2ccccc2OC(F)(F)F)CCCCCC1. The molecule has 1 fully saturated rings. The minimum absolute atomic E-state index is 0.245. The monoisotopic (exact) mass is 274 g/mol. The van der Waals surface area contributed by atoms with Gasteiger partial charge in [-0.3, -0.25) is 0 Å². The first kappa shape index (κ1) is 14.2. The maximum Gasteiger partial charge on any atom is 0.573 e. The number of benzene rings is 1. The van der Waals surface area contributed by atoms with Crippen LogP contribution in [0.3, 0.4) is 0 Å². The maximum atomic E-state index is 12.4. The van der Waals surface area contributed by atoms with Crippen LogP contribution in [0.25, 0.3) is 0 Å². The lowest BCUT2D eigenvalue weighted by Gasteiger charge is -2.29. The summed E-state index contributed by atoms with van der Waals surface area (Å²) in [5.41, 5.74) is -0.965. The van der Waals surface area contributed by atoms with E-state index in [1.807, 2.05) is 0 Å². The topological polar surface area (TPSA) is 29.5 Å². The number of hydrogen-bond acceptors (Lipinski definition) is 2. The maximum absolute atomic E-state index is 12.4. The molecule has 2 rings (SSSR count). The molecule has 0 atom stereocenters. The quantitative estimate of drug-likeness (QED) is 0.822. The second kappa shape index (κ2) is 5.41. The molecule has 2 nitrogen and oxygen atoms in total. The van der Waals surface area contributed by atoms with E-state index in [9.17, 15) is 18.3 Å². The van der Waals surface area contributed by atoms with Gasteiger partial charge in [0.2, 0.25) is 0 Å². The highest BCUT2D eigenvalue weighted by molar-refractivity contribution is 5.38. The minimum Gasteiger partial charge on any atom is -0.405 e. The van der Waals surface area contributed by atoms with Crippen molar-refractivity contribution >= 4 is 0 Å². The molecular weight excluding hydrogens is 257 g/mol. The second-order valence-corrected chi connectivity index (χ2v) is 4.99. The van der Waals surface area contributed by atoms with Gasteiger partial charge < -0.3 is 9.84 Å². The van der Waals surface area contributed by atoms with Crippen molar-refractivity contribution in [2.45, 2.75) is 50.5 Å². The van der Waals surface area contributed by atoms with Crippen LogP contribution in [0.5, 0.6) is 5.75 Å². The average Bonchev–Trinajstić information content (AvgIpc) is 2.53. The van der Waals surface area contributed by atoms with Gasteiger partial charge in [-0.05, 0) is 18.9 Å². The van der Waals surface area contributed by atoms with Crippen LogP contribution < -0.4 is 4.74 Å². The molecule has 0 saturated heterocycles. The fourth-order valence-corrected chi connectivity index (χ4v) is 2.65. The summed E-state index contributed by atoms with van der Waals surface area (Å²) in [5.74, 6) is -0.292. The predicted octanol–water partition coefficient (Wildman–Crippen LogP) is 4.13. The first-order chi connectivity index (χ1) is 8.91. The third-order valence-electron chi connectivity index (χ3n) is 3.54. The molecule has 1 aliphatic carbocycles. The van der Waals surface area contributed by atoms with Gasteiger partial charge in [0, 0.05) is 5.56 Å². The van der Waals surface area contributed by atoms with Crippen molar-refractivity contribution in [3.05, 3.63) is 29.8 Å². The molecule has 5 heteroatoms. The standard InChI is InChI=1S/C14H17F3O2/c15-14(16,17)19-12-8-4-3-7-11(12)13(18)9-5-1-2-6-10-13/h3-4,7-8,18H,1-2,5-6,9-10H2. The summed E-state index contributed by atoms with van der Waals surface area (Å²) >= 11 is 0. The van der Waals surface area contributed by atoms with Gasteiger partial charge >= 0.3 is 6.36 Å². The van der Waals surface area contributed by atoms with Gasteiger partial charge in [-0.2, -0.15) is 0 Å². The van der Waals surface area contributed by atoms with Gasteiger partial charge in [-0.25, -0.2) is 0 Å². The Labute approximate surface area is 110 Å². The zero-order valence-electron chi connectivity index (χ0n) is 10.5. The molecule has 0 unspecified atom stereocenters. The molecule has 0 radical (unpaired) electrons. The van der Waals surface area contributed by atoms with Crippen molar-refractivity contribution in [1.29, 1.82) is 0 Å². The van der Waals surface area contributed by atoms with E-state index < -0.39 is 12.0 Å². The molecule has 0 aromatic heterocycles. The number of ether oxygens (including phenoxy) is 1. The van der Waals surface area contributed by atoms with E-state index in [2.05, 4.69) is 4.74 Å². The van der Waals surface area contributed by atoms with Crippen molar-refractivity contribution in [2.75, 3.05) is 0 Å². The molecule has 0 spiro atoms. The summed E-state index contributed by atoms with van der Waals surface area (Å²) < 4.78 is 41.2. The van der Waals surface area contributed by atoms with Crippen molar-refractivity contribution in [3.8, 4) is 5.75 Å². The predicted molar refractivity (Wildman–Crippen MR) is 64.7 cm³/mol. The van der Waals surface area contributed by atoms with Gasteiger partial charge in [-0.15, -0.1) is 13.2 Å². The summed E-state index contributed by atoms with van der Waals surface area (Å²) in [6.07, 6.45) is -0.142. The minimum atomic E-state index is -4.74. The van der Waals surface area contributed by atoms with Crippen LogP contribution in [0.4, 0.5) is 13.2 Å². The summed E-state index contributed by atoms with van der Waals surface area (Å²) in [6.45, 7) is 0. The van der Waals surface area contributed by atoms with E-state index in [1.54, 1.807) is 6.07 Å². The Bertz CT molecular complexity index is 421. The summed E-state index contributed by atoms with van der Waals surface area (Å²) in [5, 5.41) is 10.7. The lowest BCUT2D eigenvalue weighted by molar-refractivity contribution is -0.275. The van der Waals surface area contributed by atoms with Gasteiger partial charge in [0.15, 0.2) is 0 Å². The summed E-state index contributed by atoms with van der Waals surface area (Å²) in [7, 11) is 0. The van der Waals surface area contributed by atoms with E-state index >= 15 is 0 Å². The zero-order chi connectivity index (χ0) is 13.9. The van der Waals surface area contributed by atoms with Gasteiger partial charge in [-0.1, -0.05) is 43.9 Å². The molecule has 19 heavy (non-hydrogen) atoms. The van der Waals surface area contributed by atoms with Crippen molar-refractivity contribution in [1.82, 2.24) is 0 Å². The first-order valence-electron chi connectivity index (χ1n) is 6.48. The number of aliphatic hydroxyl groups is 1. The Morgan fingerprint density at radius 1 is 1.00 bits per heavy atom. The zero-order valence-corrected chi connectivity index (χ0v) is 10.5. The Morgan fingerprint density at radius 2 is 1.58 bits per heavy atom. The summed E-state index contributed by atoms with van der Waals surface area (Å²) in [4.78, 5) is 0. The van der Waals surface area contributed by atoms with Crippen LogP contribution in [0.2, 0.25) is 0 Å². The molecule has 1 N–H and O–H groups in total. The molecule has 1 aromatic carbocycles. The Hall–Kier alpha value is -1.23.